The van der Waals surface area contributed by atoms with Gasteiger partial charge in [0.2, 0.25) is 29.1 Å². The van der Waals surface area contributed by atoms with E-state index in [0.717, 1.165) is 30.3 Å². The highest BCUT2D eigenvalue weighted by atomic mass is 19.2. The molecule has 10 heterocycles. The van der Waals surface area contributed by atoms with Crippen LogP contribution in [0.25, 0.3) is 0 Å². The lowest BCUT2D eigenvalue weighted by Gasteiger charge is -2.23. The summed E-state index contributed by atoms with van der Waals surface area (Å²) < 4.78 is 194. The highest BCUT2D eigenvalue weighted by Crippen LogP contribution is 2.51. The molecule has 10 aromatic rings. The van der Waals surface area contributed by atoms with E-state index in [1.807, 2.05) is 34.6 Å². The van der Waals surface area contributed by atoms with E-state index in [0.29, 0.717) is 56.3 Å². The minimum absolute atomic E-state index is 0.00398. The molecule has 15 N–H and O–H groups in total. The highest BCUT2D eigenvalue weighted by Gasteiger charge is 2.52. The number of hydrogen-bond donors (Lipinski definition) is 10. The molecule has 0 radical (unpaired) electrons. The van der Waals surface area contributed by atoms with Crippen molar-refractivity contribution in [3.63, 3.8) is 0 Å². The number of rotatable bonds is 25. The van der Waals surface area contributed by atoms with Gasteiger partial charge in [0, 0.05) is 117 Å². The molecule has 770 valence electrons. The van der Waals surface area contributed by atoms with Crippen LogP contribution in [0.5, 0.6) is 28.7 Å². The largest absolute Gasteiger partial charge is 0.493 e. The van der Waals surface area contributed by atoms with Gasteiger partial charge < -0.3 is 103 Å². The molecule has 5 saturated heterocycles. The number of nitrogens with one attached hydrogen (secondary N) is 5. The molecule has 45 heteroatoms. The summed E-state index contributed by atoms with van der Waals surface area (Å²) in [4.78, 5) is 140. The van der Waals surface area contributed by atoms with E-state index >= 15 is 0 Å². The van der Waals surface area contributed by atoms with Crippen molar-refractivity contribution >= 4 is 87.5 Å². The molecule has 5 aromatic carbocycles. The van der Waals surface area contributed by atoms with Gasteiger partial charge in [0.05, 0.1) is 66.1 Å². The molecule has 5 aromatic heterocycles. The van der Waals surface area contributed by atoms with Gasteiger partial charge in [0.1, 0.15) is 59.0 Å². The number of anilines is 5. The molecule has 35 nitrogen and oxygen atoms in total. The van der Waals surface area contributed by atoms with Gasteiger partial charge in [0.25, 0.3) is 59.1 Å². The first-order chi connectivity index (χ1) is 68.7. The van der Waals surface area contributed by atoms with Crippen molar-refractivity contribution in [3.05, 3.63) is 267 Å². The lowest BCUT2D eigenvalue weighted by Crippen LogP contribution is -2.33. The van der Waals surface area contributed by atoms with Crippen molar-refractivity contribution in [3.8, 4) is 28.7 Å². The van der Waals surface area contributed by atoms with Crippen molar-refractivity contribution in [2.75, 3.05) is 62.1 Å². The summed E-state index contributed by atoms with van der Waals surface area (Å²) in [5, 5.41) is 13.3. The average molecular weight is 2030 g/mol. The Hall–Kier alpha value is -15.4. The topological polar surface area (TPSA) is 518 Å². The number of hydrogen-bond acceptors (Lipinski definition) is 25. The van der Waals surface area contributed by atoms with Crippen LogP contribution >= 0.6 is 0 Å². The molecule has 0 saturated carbocycles. The number of primary amides is 5. The van der Waals surface area contributed by atoms with Gasteiger partial charge in [-0.15, -0.1) is 0 Å². The van der Waals surface area contributed by atoms with Crippen molar-refractivity contribution in [2.24, 2.45) is 58.3 Å². The second kappa shape index (κ2) is 47.7. The van der Waals surface area contributed by atoms with E-state index in [9.17, 15) is 91.8 Å². The number of carbonyl (C=O) groups is 10. The van der Waals surface area contributed by atoms with Crippen LogP contribution in [0.3, 0.4) is 0 Å². The van der Waals surface area contributed by atoms with Crippen molar-refractivity contribution in [1.29, 1.82) is 0 Å². The van der Waals surface area contributed by atoms with Crippen LogP contribution < -0.4 is 78.9 Å². The maximum Gasteiger partial charge on any atom is 0.267 e. The number of nitrogens with two attached hydrogens (primary N) is 5. The molecule has 5 aliphatic rings. The monoisotopic (exact) mass is 2030 g/mol. The number of nitrogens with zero attached hydrogens (tertiary/aromatic N) is 5. The first-order valence-electron chi connectivity index (χ1n) is 44.9. The van der Waals surface area contributed by atoms with E-state index in [1.54, 1.807) is 34.6 Å². The SMILES string of the molecule is COc1c([C@@H]2[C@@H](C)[C@H](C)O[C@H]2C(=O)Nc2ccnc(C(N)=O)c2)ccc(F)c1F.COc1c([C@@H]2[C@H](C)[C@@H](C)O[C@H]2C(=O)Nc2ccnc(C(N)=O)c2)ccc(F)c1F.COc1c([C@H]2[C@@H](C)[C@H](C)O[C@@H]2C(=O)Nc2ccnc(C(N)=O)c2)ccc(F)c1F.COc1c([C@H]2[C@H](C)[C@@H](C)O[C@@H]2C(=O)Nc2ccnc(C(N)=O)c2)ccc(F)c1F.COc1c([C@H]2[C@H](C)[C@H](C)O[C@H]2C(=O)Nc2ccnc(C(N)=O)c2)ccc(F)c1F. The molecule has 0 bridgehead atoms. The van der Waals surface area contributed by atoms with Crippen molar-refractivity contribution < 1.29 is 139 Å². The maximum absolute atomic E-state index is 14.2. The zero-order valence-electron chi connectivity index (χ0n) is 80.5. The zero-order valence-corrected chi connectivity index (χ0v) is 80.5. The van der Waals surface area contributed by atoms with Gasteiger partial charge in [-0.3, -0.25) is 72.9 Å². The van der Waals surface area contributed by atoms with Gasteiger partial charge in [-0.1, -0.05) is 65.0 Å². The van der Waals surface area contributed by atoms with Gasteiger partial charge >= 0.3 is 0 Å². The minimum atomic E-state index is -1.11. The van der Waals surface area contributed by atoms with Crippen LogP contribution in [0, 0.1) is 87.8 Å². The number of ether oxygens (including phenoxy) is 10. The first-order valence-corrected chi connectivity index (χ1v) is 44.9. The Morgan fingerprint density at radius 2 is 0.393 bits per heavy atom. The zero-order chi connectivity index (χ0) is 106. The molecule has 15 rings (SSSR count). The van der Waals surface area contributed by atoms with Gasteiger partial charge in [0.15, 0.2) is 57.8 Å². The molecule has 0 aliphatic carbocycles. The Bertz CT molecular complexity index is 5650. The third-order valence-corrected chi connectivity index (χ3v) is 25.9. The van der Waals surface area contributed by atoms with E-state index < -0.39 is 177 Å². The van der Waals surface area contributed by atoms with Gasteiger partial charge in [-0.25, -0.2) is 22.0 Å². The lowest BCUT2D eigenvalue weighted by atomic mass is 9.82. The second-order valence-electron chi connectivity index (χ2n) is 34.6. The highest BCUT2D eigenvalue weighted by molar-refractivity contribution is 6.02. The first kappa shape index (κ1) is 110. The summed E-state index contributed by atoms with van der Waals surface area (Å²) in [5.74, 6) is -22.0. The Labute approximate surface area is 823 Å². The fraction of sp³-hybridized carbons (Fsp3) is 0.350. The van der Waals surface area contributed by atoms with Crippen LogP contribution in [0.4, 0.5) is 72.3 Å². The third kappa shape index (κ3) is 24.6. The number of carbonyl (C=O) groups excluding carboxylic acids is 10. The molecule has 5 fully saturated rings. The predicted octanol–water partition coefficient (Wildman–Crippen LogP) is 13.1. The van der Waals surface area contributed by atoms with Crippen molar-refractivity contribution in [2.45, 2.75) is 160 Å². The van der Waals surface area contributed by atoms with Crippen LogP contribution in [0.2, 0.25) is 0 Å². The summed E-state index contributed by atoms with van der Waals surface area (Å²) in [6.45, 7) is 18.3. The molecular weight excluding hydrogens is 1920 g/mol. The Morgan fingerprint density at radius 3 is 0.524 bits per heavy atom. The number of pyridine rings is 5. The van der Waals surface area contributed by atoms with E-state index in [4.69, 9.17) is 76.0 Å². The predicted molar refractivity (Wildman–Crippen MR) is 503 cm³/mol. The smallest absolute Gasteiger partial charge is 0.267 e. The van der Waals surface area contributed by atoms with E-state index in [-0.39, 0.29) is 117 Å². The van der Waals surface area contributed by atoms with Crippen LogP contribution in [0.1, 0.15) is 179 Å². The van der Waals surface area contributed by atoms with E-state index in [1.165, 1.54) is 158 Å². The number of benzene rings is 5. The molecule has 145 heavy (non-hydrogen) atoms. The van der Waals surface area contributed by atoms with Crippen LogP contribution in [-0.4, -0.2) is 181 Å². The Kier molecular flexibility index (Phi) is 36.2. The summed E-state index contributed by atoms with van der Waals surface area (Å²) in [6.07, 6.45) is 0.222. The molecule has 0 spiro atoms. The second-order valence-corrected chi connectivity index (χ2v) is 34.6. The number of aromatic nitrogens is 5. The van der Waals surface area contributed by atoms with Crippen LogP contribution in [0.15, 0.2) is 152 Å². The van der Waals surface area contributed by atoms with Gasteiger partial charge in [-0.05, 0) is 155 Å². The summed E-state index contributed by atoms with van der Waals surface area (Å²) in [6, 6.07) is 26.2. The Morgan fingerprint density at radius 1 is 0.248 bits per heavy atom. The summed E-state index contributed by atoms with van der Waals surface area (Å²) in [7, 11) is 6.19. The molecular formula is C100H105F10N15O20. The molecule has 10 amide bonds. The summed E-state index contributed by atoms with van der Waals surface area (Å²) in [5.41, 5.74) is 29.3. The molecule has 0 unspecified atom stereocenters. The Balaban J connectivity index is 0.000000173. The van der Waals surface area contributed by atoms with Gasteiger partial charge in [-0.2, -0.15) is 22.0 Å². The molecule has 20 atom stereocenters. The quantitative estimate of drug-likeness (QED) is 0.0238. The molecule has 5 aliphatic heterocycles. The number of methoxy groups -OCH3 is 5. The standard InChI is InChI=1S/5C20H21F2N3O4/c5*1-9-10(2)29-18(15(9)12-4-5-13(21)16(22)17(12)28-3)20(27)25-11-6-7-24-14(8-11)19(23)26/h5*4-10,15,18H,1-3H3,(H2,23,26)(H,24,25,27)/t9-,10+,15-,18-;2*9-,10-,15+,18-;2*9-,10-,15-,18+/m11010/s1. The third-order valence-electron chi connectivity index (χ3n) is 25.9. The summed E-state index contributed by atoms with van der Waals surface area (Å²) >= 11 is 0. The lowest BCUT2D eigenvalue weighted by molar-refractivity contribution is -0.127. The van der Waals surface area contributed by atoms with Crippen LogP contribution in [-0.2, 0) is 47.7 Å². The number of halogens is 10. The number of amides is 10. The average Bonchev–Trinajstić information content (AvgIpc) is 1.66. The van der Waals surface area contributed by atoms with E-state index in [2.05, 4.69) is 51.5 Å². The van der Waals surface area contributed by atoms with Crippen molar-refractivity contribution in [1.82, 2.24) is 24.9 Å². The maximum atomic E-state index is 14.2. The minimum Gasteiger partial charge on any atom is -0.493 e. The fourth-order valence-electron chi connectivity index (χ4n) is 17.8. The normalized spacial score (nSPS) is 23.6. The fourth-order valence-corrected chi connectivity index (χ4v) is 17.8.